The zero-order chi connectivity index (χ0) is 14.1. The quantitative estimate of drug-likeness (QED) is 0.834. The highest BCUT2D eigenvalue weighted by molar-refractivity contribution is 5.92. The van der Waals surface area contributed by atoms with Crippen molar-refractivity contribution in [2.24, 2.45) is 5.92 Å². The summed E-state index contributed by atoms with van der Waals surface area (Å²) in [5.41, 5.74) is 7.69. The Morgan fingerprint density at radius 3 is 2.80 bits per heavy atom. The first-order valence-electron chi connectivity index (χ1n) is 6.90. The average Bonchev–Trinajstić information content (AvgIpc) is 3.00. The molecule has 1 aliphatic carbocycles. The third-order valence-electron chi connectivity index (χ3n) is 3.74. The van der Waals surface area contributed by atoms with Crippen LogP contribution in [0.2, 0.25) is 0 Å². The van der Waals surface area contributed by atoms with Crippen molar-refractivity contribution in [3.05, 3.63) is 42.2 Å². The van der Waals surface area contributed by atoms with E-state index in [0.29, 0.717) is 23.3 Å². The summed E-state index contributed by atoms with van der Waals surface area (Å²) < 4.78 is 1.68. The predicted molar refractivity (Wildman–Crippen MR) is 77.6 cm³/mol. The van der Waals surface area contributed by atoms with E-state index < -0.39 is 0 Å². The molecule has 2 aromatic rings. The van der Waals surface area contributed by atoms with Crippen molar-refractivity contribution < 1.29 is 4.79 Å². The molecule has 104 valence electrons. The molecule has 3 rings (SSSR count). The molecule has 0 bridgehead atoms. The fraction of sp³-hybridized carbons (Fsp3) is 0.333. The lowest BCUT2D eigenvalue weighted by molar-refractivity contribution is 0.0943. The van der Waals surface area contributed by atoms with Gasteiger partial charge in [-0.2, -0.15) is 5.10 Å². The molecule has 3 N–H and O–H groups in total. The fourth-order valence-electron chi connectivity index (χ4n) is 2.33. The van der Waals surface area contributed by atoms with Gasteiger partial charge in [-0.15, -0.1) is 0 Å². The number of nitrogen functional groups attached to an aromatic ring is 1. The predicted octanol–water partition coefficient (Wildman–Crippen LogP) is 1.98. The van der Waals surface area contributed by atoms with Crippen LogP contribution in [-0.2, 0) is 0 Å². The number of carbonyl (C=O) groups excluding carboxylic acids is 1. The Morgan fingerprint density at radius 1 is 1.40 bits per heavy atom. The van der Waals surface area contributed by atoms with Gasteiger partial charge in [0, 0.05) is 17.9 Å². The van der Waals surface area contributed by atoms with E-state index in [4.69, 9.17) is 5.73 Å². The SMILES string of the molecule is CCC1CC1NC(=O)c1ccn(-c2ccc(N)cc2)n1. The zero-order valence-corrected chi connectivity index (χ0v) is 11.4. The number of rotatable bonds is 4. The second-order valence-corrected chi connectivity index (χ2v) is 5.22. The maximum atomic E-state index is 12.0. The summed E-state index contributed by atoms with van der Waals surface area (Å²) in [5, 5.41) is 7.32. The number of nitrogens with zero attached hydrogens (tertiary/aromatic N) is 2. The van der Waals surface area contributed by atoms with Crippen molar-refractivity contribution in [2.45, 2.75) is 25.8 Å². The Bertz CT molecular complexity index is 617. The Hall–Kier alpha value is -2.30. The fourth-order valence-corrected chi connectivity index (χ4v) is 2.33. The molecule has 5 nitrogen and oxygen atoms in total. The summed E-state index contributed by atoms with van der Waals surface area (Å²) in [4.78, 5) is 12.0. The van der Waals surface area contributed by atoms with E-state index >= 15 is 0 Å². The molecule has 1 heterocycles. The maximum Gasteiger partial charge on any atom is 0.272 e. The van der Waals surface area contributed by atoms with Crippen LogP contribution in [0.3, 0.4) is 0 Å². The second-order valence-electron chi connectivity index (χ2n) is 5.22. The van der Waals surface area contributed by atoms with Gasteiger partial charge in [0.15, 0.2) is 5.69 Å². The van der Waals surface area contributed by atoms with E-state index in [2.05, 4.69) is 17.3 Å². The number of nitrogens with two attached hydrogens (primary N) is 1. The number of aromatic nitrogens is 2. The minimum atomic E-state index is -0.0971. The van der Waals surface area contributed by atoms with E-state index in [0.717, 1.165) is 18.5 Å². The van der Waals surface area contributed by atoms with Gasteiger partial charge >= 0.3 is 0 Å². The molecule has 1 saturated carbocycles. The van der Waals surface area contributed by atoms with Gasteiger partial charge in [-0.25, -0.2) is 4.68 Å². The second kappa shape index (κ2) is 5.00. The summed E-state index contributed by atoms with van der Waals surface area (Å²) in [7, 11) is 0. The number of anilines is 1. The van der Waals surface area contributed by atoms with Crippen molar-refractivity contribution in [3.8, 4) is 5.69 Å². The molecule has 0 spiro atoms. The van der Waals surface area contributed by atoms with Crippen LogP contribution in [0.5, 0.6) is 0 Å². The third kappa shape index (κ3) is 2.52. The molecule has 5 heteroatoms. The Kier molecular flexibility index (Phi) is 3.18. The molecule has 1 aromatic heterocycles. The minimum Gasteiger partial charge on any atom is -0.399 e. The van der Waals surface area contributed by atoms with E-state index in [1.165, 1.54) is 0 Å². The zero-order valence-electron chi connectivity index (χ0n) is 11.4. The Labute approximate surface area is 117 Å². The summed E-state index contributed by atoms with van der Waals surface area (Å²) in [5.74, 6) is 0.540. The van der Waals surface area contributed by atoms with Crippen LogP contribution in [0.15, 0.2) is 36.5 Å². The molecular weight excluding hydrogens is 252 g/mol. The van der Waals surface area contributed by atoms with Gasteiger partial charge in [0.05, 0.1) is 5.69 Å². The normalized spacial score (nSPS) is 20.6. The van der Waals surface area contributed by atoms with E-state index in [9.17, 15) is 4.79 Å². The largest absolute Gasteiger partial charge is 0.399 e. The van der Waals surface area contributed by atoms with Crippen LogP contribution in [0.1, 0.15) is 30.3 Å². The molecule has 0 radical (unpaired) electrons. The number of hydrogen-bond acceptors (Lipinski definition) is 3. The monoisotopic (exact) mass is 270 g/mol. The minimum absolute atomic E-state index is 0.0971. The lowest BCUT2D eigenvalue weighted by Gasteiger charge is -2.02. The standard InChI is InChI=1S/C15H18N4O/c1-2-10-9-14(10)17-15(20)13-7-8-19(18-13)12-5-3-11(16)4-6-12/h3-8,10,14H,2,9,16H2,1H3,(H,17,20). The van der Waals surface area contributed by atoms with Gasteiger partial charge in [0.2, 0.25) is 0 Å². The van der Waals surface area contributed by atoms with Crippen molar-refractivity contribution in [1.29, 1.82) is 0 Å². The summed E-state index contributed by atoms with van der Waals surface area (Å²) in [6.07, 6.45) is 3.98. The highest BCUT2D eigenvalue weighted by Crippen LogP contribution is 2.33. The van der Waals surface area contributed by atoms with Gasteiger partial charge in [-0.3, -0.25) is 4.79 Å². The van der Waals surface area contributed by atoms with Gasteiger partial charge in [-0.1, -0.05) is 13.3 Å². The molecule has 1 aliphatic rings. The number of carbonyl (C=O) groups is 1. The molecule has 20 heavy (non-hydrogen) atoms. The molecule has 1 amide bonds. The van der Waals surface area contributed by atoms with E-state index in [-0.39, 0.29) is 5.91 Å². The van der Waals surface area contributed by atoms with Crippen LogP contribution in [0.4, 0.5) is 5.69 Å². The lowest BCUT2D eigenvalue weighted by atomic mass is 10.3. The number of amides is 1. The van der Waals surface area contributed by atoms with E-state index in [1.807, 2.05) is 24.3 Å². The first-order valence-corrected chi connectivity index (χ1v) is 6.90. The van der Waals surface area contributed by atoms with Crippen molar-refractivity contribution in [1.82, 2.24) is 15.1 Å². The highest BCUT2D eigenvalue weighted by atomic mass is 16.2. The van der Waals surface area contributed by atoms with Crippen LogP contribution in [0.25, 0.3) is 5.69 Å². The molecule has 2 unspecified atom stereocenters. The summed E-state index contributed by atoms with van der Waals surface area (Å²) in [6, 6.07) is 9.43. The van der Waals surface area contributed by atoms with Crippen LogP contribution >= 0.6 is 0 Å². The number of hydrogen-bond donors (Lipinski definition) is 2. The Balaban J connectivity index is 1.70. The van der Waals surface area contributed by atoms with Crippen molar-refractivity contribution >= 4 is 11.6 Å². The third-order valence-corrected chi connectivity index (χ3v) is 3.74. The summed E-state index contributed by atoms with van der Waals surface area (Å²) >= 11 is 0. The molecule has 1 aromatic carbocycles. The summed E-state index contributed by atoms with van der Waals surface area (Å²) in [6.45, 7) is 2.15. The van der Waals surface area contributed by atoms with Gasteiger partial charge in [0.25, 0.3) is 5.91 Å². The van der Waals surface area contributed by atoms with Gasteiger partial charge in [-0.05, 0) is 42.7 Å². The Morgan fingerprint density at radius 2 is 2.15 bits per heavy atom. The van der Waals surface area contributed by atoms with Gasteiger partial charge in [0.1, 0.15) is 0 Å². The first-order chi connectivity index (χ1) is 9.67. The average molecular weight is 270 g/mol. The highest BCUT2D eigenvalue weighted by Gasteiger charge is 2.36. The molecular formula is C15H18N4O. The topological polar surface area (TPSA) is 72.9 Å². The molecule has 1 fully saturated rings. The molecule has 0 aliphatic heterocycles. The van der Waals surface area contributed by atoms with Crippen LogP contribution in [0, 0.1) is 5.92 Å². The molecule has 0 saturated heterocycles. The molecule has 2 atom stereocenters. The van der Waals surface area contributed by atoms with Crippen molar-refractivity contribution in [2.75, 3.05) is 5.73 Å². The maximum absolute atomic E-state index is 12.0. The van der Waals surface area contributed by atoms with Crippen LogP contribution in [-0.4, -0.2) is 21.7 Å². The van der Waals surface area contributed by atoms with Gasteiger partial charge < -0.3 is 11.1 Å². The first kappa shape index (κ1) is 12.7. The smallest absolute Gasteiger partial charge is 0.272 e. The van der Waals surface area contributed by atoms with Crippen LogP contribution < -0.4 is 11.1 Å². The van der Waals surface area contributed by atoms with Crippen molar-refractivity contribution in [3.63, 3.8) is 0 Å². The lowest BCUT2D eigenvalue weighted by Crippen LogP contribution is -2.27. The number of benzene rings is 1. The number of nitrogens with one attached hydrogen (secondary N) is 1. The van der Waals surface area contributed by atoms with E-state index in [1.54, 1.807) is 16.9 Å².